The Kier molecular flexibility index (Phi) is 6.92. The van der Waals surface area contributed by atoms with Crippen LogP contribution in [-0.4, -0.2) is 59.3 Å². The van der Waals surface area contributed by atoms with Crippen LogP contribution in [0.15, 0.2) is 65.2 Å². The first-order valence-corrected chi connectivity index (χ1v) is 12.1. The Morgan fingerprint density at radius 3 is 2.61 bits per heavy atom. The molecule has 1 aromatic carbocycles. The first-order valence-electron chi connectivity index (χ1n) is 11.3. The number of aromatic nitrogens is 1. The van der Waals surface area contributed by atoms with Crippen molar-refractivity contribution in [1.29, 1.82) is 0 Å². The zero-order valence-electron chi connectivity index (χ0n) is 18.3. The van der Waals surface area contributed by atoms with Gasteiger partial charge in [-0.1, -0.05) is 17.7 Å². The number of furan rings is 1. The number of nitrogens with one attached hydrogen (secondary N) is 1. The third-order valence-corrected chi connectivity index (χ3v) is 6.83. The highest BCUT2D eigenvalue weighted by atomic mass is 35.5. The summed E-state index contributed by atoms with van der Waals surface area (Å²) in [6.45, 7) is 5.48. The molecule has 0 radical (unpaired) electrons. The number of pyridine rings is 1. The SMILES string of the molecule is S=C1N[C@@H](c2ccccn2)[C@@H](c2ccc(-c3ccc(Cl)cc3)o2)N1CCCN1CCOCC1. The number of halogens is 1. The molecule has 2 aromatic heterocycles. The van der Waals surface area contributed by atoms with Gasteiger partial charge in [0.05, 0.1) is 24.9 Å². The molecule has 6 nitrogen and oxygen atoms in total. The maximum atomic E-state index is 6.38. The summed E-state index contributed by atoms with van der Waals surface area (Å²) in [6, 6.07) is 17.6. The van der Waals surface area contributed by atoms with Gasteiger partial charge in [0.2, 0.25) is 0 Å². The molecule has 2 aliphatic rings. The van der Waals surface area contributed by atoms with Crippen molar-refractivity contribution in [2.45, 2.75) is 18.5 Å². The number of ether oxygens (including phenoxy) is 1. The van der Waals surface area contributed by atoms with Gasteiger partial charge in [0, 0.05) is 43.0 Å². The fourth-order valence-electron chi connectivity index (χ4n) is 4.53. The maximum Gasteiger partial charge on any atom is 0.170 e. The van der Waals surface area contributed by atoms with Crippen molar-refractivity contribution in [3.63, 3.8) is 0 Å². The average Bonchev–Trinajstić information content (AvgIpc) is 3.46. The van der Waals surface area contributed by atoms with E-state index in [-0.39, 0.29) is 12.1 Å². The molecule has 4 heterocycles. The van der Waals surface area contributed by atoms with Crippen molar-refractivity contribution >= 4 is 28.9 Å². The van der Waals surface area contributed by atoms with Crippen molar-refractivity contribution in [3.05, 3.63) is 77.3 Å². The number of rotatable bonds is 7. The van der Waals surface area contributed by atoms with Crippen LogP contribution in [0.2, 0.25) is 5.02 Å². The molecule has 0 amide bonds. The van der Waals surface area contributed by atoms with Crippen LogP contribution in [0.25, 0.3) is 11.3 Å². The third-order valence-electron chi connectivity index (χ3n) is 6.22. The van der Waals surface area contributed by atoms with Crippen LogP contribution in [0.4, 0.5) is 0 Å². The summed E-state index contributed by atoms with van der Waals surface area (Å²) < 4.78 is 11.9. The van der Waals surface area contributed by atoms with Gasteiger partial charge in [-0.05, 0) is 67.2 Å². The van der Waals surface area contributed by atoms with E-state index in [1.165, 1.54) is 0 Å². The molecule has 8 heteroatoms. The average molecular weight is 483 g/mol. The van der Waals surface area contributed by atoms with Gasteiger partial charge in [0.15, 0.2) is 5.11 Å². The fourth-order valence-corrected chi connectivity index (χ4v) is 4.98. The smallest absolute Gasteiger partial charge is 0.170 e. The lowest BCUT2D eigenvalue weighted by atomic mass is 10.0. The largest absolute Gasteiger partial charge is 0.459 e. The molecular weight excluding hydrogens is 456 g/mol. The second-order valence-electron chi connectivity index (χ2n) is 8.34. The minimum absolute atomic E-state index is 0.0712. The third kappa shape index (κ3) is 5.06. The predicted octanol–water partition coefficient (Wildman–Crippen LogP) is 4.69. The van der Waals surface area contributed by atoms with E-state index >= 15 is 0 Å². The maximum absolute atomic E-state index is 6.38. The molecule has 172 valence electrons. The molecule has 0 saturated carbocycles. The van der Waals surface area contributed by atoms with Crippen molar-refractivity contribution in [2.24, 2.45) is 0 Å². The number of morpholine rings is 1. The van der Waals surface area contributed by atoms with Crippen molar-refractivity contribution < 1.29 is 9.15 Å². The van der Waals surface area contributed by atoms with Crippen LogP contribution in [0.5, 0.6) is 0 Å². The number of benzene rings is 1. The zero-order chi connectivity index (χ0) is 22.6. The standard InChI is InChI=1S/C25H27ClN4O2S/c26-19-7-5-18(6-8-19)21-9-10-22(32-21)24-23(20-4-1-2-11-27-20)28-25(33)30(24)13-3-12-29-14-16-31-17-15-29/h1-2,4-11,23-24H,3,12-17H2,(H,28,33)/t23-,24+/m0/s1. The molecule has 2 aliphatic heterocycles. The minimum Gasteiger partial charge on any atom is -0.459 e. The van der Waals surface area contributed by atoms with E-state index in [1.54, 1.807) is 0 Å². The number of thiocarbonyl (C=S) groups is 1. The quantitative estimate of drug-likeness (QED) is 0.490. The van der Waals surface area contributed by atoms with Gasteiger partial charge in [-0.2, -0.15) is 0 Å². The highest BCUT2D eigenvalue weighted by Crippen LogP contribution is 2.40. The lowest BCUT2D eigenvalue weighted by Crippen LogP contribution is -2.38. The Labute approximate surface area is 204 Å². The van der Waals surface area contributed by atoms with Crippen LogP contribution in [0, 0.1) is 0 Å². The van der Waals surface area contributed by atoms with E-state index in [0.717, 1.165) is 73.7 Å². The zero-order valence-corrected chi connectivity index (χ0v) is 19.9. The molecule has 2 atom stereocenters. The second kappa shape index (κ2) is 10.2. The van der Waals surface area contributed by atoms with E-state index < -0.39 is 0 Å². The predicted molar refractivity (Wildman–Crippen MR) is 133 cm³/mol. The van der Waals surface area contributed by atoms with Crippen LogP contribution in [0.3, 0.4) is 0 Å². The van der Waals surface area contributed by atoms with Crippen LogP contribution in [-0.2, 0) is 4.74 Å². The van der Waals surface area contributed by atoms with E-state index in [4.69, 9.17) is 33.0 Å². The summed E-state index contributed by atoms with van der Waals surface area (Å²) in [6.07, 6.45) is 2.83. The molecule has 0 aliphatic carbocycles. The Morgan fingerprint density at radius 1 is 1.03 bits per heavy atom. The Balaban J connectivity index is 1.39. The molecular formula is C25H27ClN4O2S. The fraction of sp³-hybridized carbons (Fsp3) is 0.360. The van der Waals surface area contributed by atoms with Gasteiger partial charge >= 0.3 is 0 Å². The summed E-state index contributed by atoms with van der Waals surface area (Å²) in [5, 5.41) is 4.94. The highest BCUT2D eigenvalue weighted by molar-refractivity contribution is 7.80. The first kappa shape index (κ1) is 22.3. The van der Waals surface area contributed by atoms with E-state index in [1.807, 2.05) is 54.7 Å². The molecule has 2 fully saturated rings. The molecule has 1 N–H and O–H groups in total. The molecule has 33 heavy (non-hydrogen) atoms. The monoisotopic (exact) mass is 482 g/mol. The molecule has 0 unspecified atom stereocenters. The lowest BCUT2D eigenvalue weighted by Gasteiger charge is -2.29. The first-order chi connectivity index (χ1) is 16.2. The molecule has 0 bridgehead atoms. The van der Waals surface area contributed by atoms with E-state index in [2.05, 4.69) is 26.2 Å². The topological polar surface area (TPSA) is 53.8 Å². The van der Waals surface area contributed by atoms with Gasteiger partial charge < -0.3 is 19.4 Å². The summed E-state index contributed by atoms with van der Waals surface area (Å²) >= 11 is 11.8. The van der Waals surface area contributed by atoms with Crippen molar-refractivity contribution in [1.82, 2.24) is 20.1 Å². The summed E-state index contributed by atoms with van der Waals surface area (Å²) in [5.41, 5.74) is 1.94. The van der Waals surface area contributed by atoms with Crippen molar-refractivity contribution in [2.75, 3.05) is 39.4 Å². The minimum atomic E-state index is -0.0775. The van der Waals surface area contributed by atoms with Gasteiger partial charge in [0.25, 0.3) is 0 Å². The van der Waals surface area contributed by atoms with Crippen LogP contribution in [0.1, 0.15) is 30.0 Å². The van der Waals surface area contributed by atoms with Gasteiger partial charge in [-0.3, -0.25) is 9.88 Å². The lowest BCUT2D eigenvalue weighted by molar-refractivity contribution is 0.0365. The number of hydrogen-bond donors (Lipinski definition) is 1. The molecule has 5 rings (SSSR count). The number of nitrogens with zero attached hydrogens (tertiary/aromatic N) is 3. The normalized spacial score (nSPS) is 21.4. The molecule has 0 spiro atoms. The van der Waals surface area contributed by atoms with Gasteiger partial charge in [-0.15, -0.1) is 0 Å². The van der Waals surface area contributed by atoms with Crippen molar-refractivity contribution in [3.8, 4) is 11.3 Å². The Bertz CT molecular complexity index is 1070. The van der Waals surface area contributed by atoms with Gasteiger partial charge in [0.1, 0.15) is 17.6 Å². The summed E-state index contributed by atoms with van der Waals surface area (Å²) in [5.74, 6) is 1.68. The second-order valence-corrected chi connectivity index (χ2v) is 9.16. The Hall–Kier alpha value is -2.45. The Morgan fingerprint density at radius 2 is 1.85 bits per heavy atom. The molecule has 3 aromatic rings. The van der Waals surface area contributed by atoms with E-state index in [0.29, 0.717) is 5.02 Å². The summed E-state index contributed by atoms with van der Waals surface area (Å²) in [4.78, 5) is 9.31. The molecule has 2 saturated heterocycles. The number of hydrogen-bond acceptors (Lipinski definition) is 5. The van der Waals surface area contributed by atoms with E-state index in [9.17, 15) is 0 Å². The van der Waals surface area contributed by atoms with Crippen LogP contribution >= 0.6 is 23.8 Å². The highest BCUT2D eigenvalue weighted by Gasteiger charge is 2.41. The van der Waals surface area contributed by atoms with Crippen LogP contribution < -0.4 is 5.32 Å². The van der Waals surface area contributed by atoms with Gasteiger partial charge in [-0.25, -0.2) is 0 Å². The summed E-state index contributed by atoms with van der Waals surface area (Å²) in [7, 11) is 0.